The van der Waals surface area contributed by atoms with E-state index in [1.54, 1.807) is 25.2 Å². The lowest BCUT2D eigenvalue weighted by atomic mass is 10.2. The van der Waals surface area contributed by atoms with Crippen LogP contribution in [0.15, 0.2) is 24.0 Å². The Bertz CT molecular complexity index is 192. The summed E-state index contributed by atoms with van der Waals surface area (Å²) in [6.45, 7) is 1.73. The standard InChI is InChI=1S/C9H14O3/c1-2-8(10)6-4-3-5-7-9(11)12/h2,4,6,10H,3,5,7H2,1H3,(H,11,12)/b6-4-,8-2+. The molecule has 68 valence electrons. The Labute approximate surface area is 72.0 Å². The van der Waals surface area contributed by atoms with Crippen molar-refractivity contribution in [3.8, 4) is 0 Å². The maximum atomic E-state index is 10.1. The van der Waals surface area contributed by atoms with Gasteiger partial charge in [-0.15, -0.1) is 0 Å². The molecule has 0 aromatic rings. The lowest BCUT2D eigenvalue weighted by Gasteiger charge is -1.90. The largest absolute Gasteiger partial charge is 0.508 e. The molecule has 0 unspecified atom stereocenters. The Morgan fingerprint density at radius 2 is 2.08 bits per heavy atom. The van der Waals surface area contributed by atoms with Crippen LogP contribution in [0.2, 0.25) is 0 Å². The van der Waals surface area contributed by atoms with Gasteiger partial charge in [-0.25, -0.2) is 0 Å². The molecule has 0 aromatic carbocycles. The molecule has 0 atom stereocenters. The third-order valence-electron chi connectivity index (χ3n) is 1.35. The smallest absolute Gasteiger partial charge is 0.303 e. The molecule has 0 spiro atoms. The van der Waals surface area contributed by atoms with E-state index < -0.39 is 5.97 Å². The molecule has 0 aliphatic rings. The molecule has 0 amide bonds. The first-order chi connectivity index (χ1) is 5.66. The highest BCUT2D eigenvalue weighted by molar-refractivity contribution is 5.66. The van der Waals surface area contributed by atoms with Crippen molar-refractivity contribution in [2.75, 3.05) is 0 Å². The van der Waals surface area contributed by atoms with Crippen molar-refractivity contribution in [2.45, 2.75) is 26.2 Å². The maximum Gasteiger partial charge on any atom is 0.303 e. The maximum absolute atomic E-state index is 10.1. The topological polar surface area (TPSA) is 57.5 Å². The summed E-state index contributed by atoms with van der Waals surface area (Å²) in [5, 5.41) is 17.2. The number of hydrogen-bond acceptors (Lipinski definition) is 2. The summed E-state index contributed by atoms with van der Waals surface area (Å²) in [6, 6.07) is 0. The molecule has 2 N–H and O–H groups in total. The van der Waals surface area contributed by atoms with Gasteiger partial charge in [-0.1, -0.05) is 6.08 Å². The van der Waals surface area contributed by atoms with Gasteiger partial charge in [-0.2, -0.15) is 0 Å². The SMILES string of the molecule is C/C=C(O)\C=C/CCCC(=O)O. The molecule has 0 aliphatic heterocycles. The normalized spacial score (nSPS) is 12.2. The van der Waals surface area contributed by atoms with Gasteiger partial charge in [0.15, 0.2) is 0 Å². The average Bonchev–Trinajstić information content (AvgIpc) is 2.03. The van der Waals surface area contributed by atoms with E-state index in [9.17, 15) is 4.79 Å². The number of carbonyl (C=O) groups is 1. The van der Waals surface area contributed by atoms with Gasteiger partial charge in [0, 0.05) is 6.42 Å². The van der Waals surface area contributed by atoms with E-state index >= 15 is 0 Å². The van der Waals surface area contributed by atoms with Crippen LogP contribution < -0.4 is 0 Å². The second kappa shape index (κ2) is 6.46. The zero-order valence-electron chi connectivity index (χ0n) is 7.16. The number of hydrogen-bond donors (Lipinski definition) is 2. The van der Waals surface area contributed by atoms with Crippen molar-refractivity contribution in [1.29, 1.82) is 0 Å². The highest BCUT2D eigenvalue weighted by atomic mass is 16.4. The Balaban J connectivity index is 3.43. The highest BCUT2D eigenvalue weighted by Crippen LogP contribution is 1.98. The van der Waals surface area contributed by atoms with Crippen molar-refractivity contribution < 1.29 is 15.0 Å². The summed E-state index contributed by atoms with van der Waals surface area (Å²) in [5.74, 6) is -0.566. The van der Waals surface area contributed by atoms with Gasteiger partial charge in [0.25, 0.3) is 0 Å². The lowest BCUT2D eigenvalue weighted by molar-refractivity contribution is -0.137. The van der Waals surface area contributed by atoms with Crippen LogP contribution in [0.5, 0.6) is 0 Å². The molecule has 12 heavy (non-hydrogen) atoms. The van der Waals surface area contributed by atoms with Crippen LogP contribution in [0.1, 0.15) is 26.2 Å². The number of aliphatic hydroxyl groups excluding tert-OH is 1. The van der Waals surface area contributed by atoms with Gasteiger partial charge in [-0.3, -0.25) is 4.79 Å². The molecular formula is C9H14O3. The van der Waals surface area contributed by atoms with Crippen LogP contribution in [0.3, 0.4) is 0 Å². The van der Waals surface area contributed by atoms with E-state index in [1.165, 1.54) is 0 Å². The van der Waals surface area contributed by atoms with Crippen molar-refractivity contribution >= 4 is 5.97 Å². The van der Waals surface area contributed by atoms with Crippen LogP contribution in [0, 0.1) is 0 Å². The predicted octanol–water partition coefficient (Wildman–Crippen LogP) is 2.26. The summed E-state index contributed by atoms with van der Waals surface area (Å²) in [7, 11) is 0. The Hall–Kier alpha value is -1.25. The van der Waals surface area contributed by atoms with Gasteiger partial charge in [-0.05, 0) is 31.9 Å². The van der Waals surface area contributed by atoms with Crippen LogP contribution in [0.4, 0.5) is 0 Å². The fourth-order valence-electron chi connectivity index (χ4n) is 0.671. The number of carboxylic acid groups (broad SMARTS) is 1. The fraction of sp³-hybridized carbons (Fsp3) is 0.444. The molecule has 0 heterocycles. The van der Waals surface area contributed by atoms with Crippen LogP contribution in [-0.2, 0) is 4.79 Å². The minimum Gasteiger partial charge on any atom is -0.508 e. The molecule has 0 aromatic heterocycles. The third-order valence-corrected chi connectivity index (χ3v) is 1.35. The highest BCUT2D eigenvalue weighted by Gasteiger charge is 1.93. The Morgan fingerprint density at radius 3 is 2.58 bits per heavy atom. The number of unbranched alkanes of at least 4 members (excludes halogenated alkanes) is 1. The summed E-state index contributed by atoms with van der Waals surface area (Å²) >= 11 is 0. The van der Waals surface area contributed by atoms with E-state index in [1.807, 2.05) is 0 Å². The monoisotopic (exact) mass is 170 g/mol. The van der Waals surface area contributed by atoms with Crippen molar-refractivity contribution in [3.63, 3.8) is 0 Å². The number of rotatable bonds is 5. The molecule has 3 nitrogen and oxygen atoms in total. The first-order valence-electron chi connectivity index (χ1n) is 3.90. The fourth-order valence-corrected chi connectivity index (χ4v) is 0.671. The predicted molar refractivity (Wildman–Crippen MR) is 47.0 cm³/mol. The molecule has 0 fully saturated rings. The molecular weight excluding hydrogens is 156 g/mol. The van der Waals surface area contributed by atoms with Gasteiger partial charge in [0.2, 0.25) is 0 Å². The first-order valence-corrected chi connectivity index (χ1v) is 3.90. The minimum atomic E-state index is -0.779. The van der Waals surface area contributed by atoms with E-state index in [4.69, 9.17) is 10.2 Å². The molecule has 3 heteroatoms. The molecule has 0 aliphatic carbocycles. The van der Waals surface area contributed by atoms with E-state index in [2.05, 4.69) is 0 Å². The third kappa shape index (κ3) is 6.86. The molecule has 0 saturated heterocycles. The zero-order chi connectivity index (χ0) is 9.40. The number of aliphatic hydroxyl groups is 1. The summed E-state index contributed by atoms with van der Waals surface area (Å²) in [4.78, 5) is 10.1. The van der Waals surface area contributed by atoms with Gasteiger partial charge < -0.3 is 10.2 Å². The second-order valence-corrected chi connectivity index (χ2v) is 2.40. The van der Waals surface area contributed by atoms with E-state index in [0.29, 0.717) is 12.8 Å². The average molecular weight is 170 g/mol. The Morgan fingerprint density at radius 1 is 1.42 bits per heavy atom. The van der Waals surface area contributed by atoms with Crippen molar-refractivity contribution in [3.05, 3.63) is 24.0 Å². The van der Waals surface area contributed by atoms with Crippen LogP contribution in [-0.4, -0.2) is 16.2 Å². The lowest BCUT2D eigenvalue weighted by Crippen LogP contribution is -1.92. The summed E-state index contributed by atoms with van der Waals surface area (Å²) < 4.78 is 0. The molecule has 0 radical (unpaired) electrons. The van der Waals surface area contributed by atoms with Crippen molar-refractivity contribution in [1.82, 2.24) is 0 Å². The van der Waals surface area contributed by atoms with Crippen LogP contribution >= 0.6 is 0 Å². The summed E-state index contributed by atoms with van der Waals surface area (Å²) in [5.41, 5.74) is 0. The quantitative estimate of drug-likeness (QED) is 0.378. The van der Waals surface area contributed by atoms with E-state index in [0.717, 1.165) is 0 Å². The Kier molecular flexibility index (Phi) is 5.79. The van der Waals surface area contributed by atoms with Crippen LogP contribution in [0.25, 0.3) is 0 Å². The number of aliphatic carboxylic acids is 1. The minimum absolute atomic E-state index is 0.181. The van der Waals surface area contributed by atoms with Gasteiger partial charge in [0.1, 0.15) is 5.76 Å². The first kappa shape index (κ1) is 10.8. The van der Waals surface area contributed by atoms with Gasteiger partial charge >= 0.3 is 5.97 Å². The number of allylic oxidation sites excluding steroid dienone is 3. The number of carboxylic acids is 1. The summed E-state index contributed by atoms with van der Waals surface area (Å²) in [6.07, 6.45) is 6.39. The molecule has 0 bridgehead atoms. The zero-order valence-corrected chi connectivity index (χ0v) is 7.16. The van der Waals surface area contributed by atoms with Gasteiger partial charge in [0.05, 0.1) is 0 Å². The van der Waals surface area contributed by atoms with E-state index in [-0.39, 0.29) is 12.2 Å². The molecule has 0 rings (SSSR count). The van der Waals surface area contributed by atoms with Crippen molar-refractivity contribution in [2.24, 2.45) is 0 Å². The molecule has 0 saturated carbocycles. The second-order valence-electron chi connectivity index (χ2n) is 2.40.